The number of benzene rings is 1. The van der Waals surface area contributed by atoms with Gasteiger partial charge in [-0.2, -0.15) is 0 Å². The van der Waals surface area contributed by atoms with Crippen molar-refractivity contribution in [3.8, 4) is 0 Å². The smallest absolute Gasteiger partial charge is 0.210 e. The first-order valence-electron chi connectivity index (χ1n) is 7.26. The molecule has 3 unspecified atom stereocenters. The van der Waals surface area contributed by atoms with Gasteiger partial charge in [0.15, 0.2) is 0 Å². The highest BCUT2D eigenvalue weighted by Crippen LogP contribution is 2.42. The summed E-state index contributed by atoms with van der Waals surface area (Å²) in [6.07, 6.45) is 2.82. The van der Waals surface area contributed by atoms with E-state index >= 15 is 0 Å². The van der Waals surface area contributed by atoms with Gasteiger partial charge in [0, 0.05) is 28.5 Å². The Hall–Kier alpha value is -1.59. The fourth-order valence-electron chi connectivity index (χ4n) is 3.39. The molecule has 5 heteroatoms. The Kier molecular flexibility index (Phi) is 2.94. The average molecular weight is 300 g/mol. The number of Topliss-reactive ketones (excluding diaryl/α,β-unsaturated/α-hetero) is 2. The van der Waals surface area contributed by atoms with Gasteiger partial charge >= 0.3 is 0 Å². The zero-order chi connectivity index (χ0) is 14.6. The molecular weight excluding hydrogens is 284 g/mol. The van der Waals surface area contributed by atoms with Crippen molar-refractivity contribution in [2.45, 2.75) is 36.6 Å². The number of hydrogen-bond acceptors (Lipinski definition) is 5. The van der Waals surface area contributed by atoms with E-state index in [-0.39, 0.29) is 28.9 Å². The topological polar surface area (TPSA) is 72.2 Å². The number of rotatable bonds is 0. The fourth-order valence-corrected chi connectivity index (χ4v) is 4.89. The van der Waals surface area contributed by atoms with Gasteiger partial charge in [0.25, 0.3) is 0 Å². The van der Waals surface area contributed by atoms with Crippen LogP contribution < -0.4 is 11.1 Å². The third kappa shape index (κ3) is 1.95. The van der Waals surface area contributed by atoms with Crippen LogP contribution in [0.1, 0.15) is 40.0 Å². The normalized spacial score (nSPS) is 31.2. The van der Waals surface area contributed by atoms with Crippen molar-refractivity contribution in [2.75, 3.05) is 0 Å². The van der Waals surface area contributed by atoms with Gasteiger partial charge in [0.1, 0.15) is 5.70 Å². The predicted octanol–water partition coefficient (Wildman–Crippen LogP) is 1.86. The van der Waals surface area contributed by atoms with Gasteiger partial charge in [-0.15, -0.1) is 11.8 Å². The lowest BCUT2D eigenvalue weighted by Crippen LogP contribution is -2.50. The van der Waals surface area contributed by atoms with Crippen LogP contribution in [0, 0.1) is 0 Å². The number of carbonyl (C=O) groups excluding carboxylic acids is 2. The van der Waals surface area contributed by atoms with Gasteiger partial charge in [-0.05, 0) is 19.3 Å². The minimum atomic E-state index is -0.0546. The van der Waals surface area contributed by atoms with Gasteiger partial charge in [-0.1, -0.05) is 24.3 Å². The van der Waals surface area contributed by atoms with Crippen LogP contribution in [0.25, 0.3) is 0 Å². The quantitative estimate of drug-likeness (QED) is 0.765. The molecule has 1 heterocycles. The molecule has 0 spiro atoms. The molecular formula is C16H16N2O2S. The number of nitrogens with two attached hydrogens (primary N) is 1. The molecule has 0 saturated heterocycles. The van der Waals surface area contributed by atoms with Crippen LogP contribution in [0.15, 0.2) is 34.9 Å². The Bertz CT molecular complexity index is 683. The van der Waals surface area contributed by atoms with Crippen LogP contribution in [-0.4, -0.2) is 28.9 Å². The third-order valence-electron chi connectivity index (χ3n) is 4.51. The average Bonchev–Trinajstić information content (AvgIpc) is 2.51. The second kappa shape index (κ2) is 4.71. The molecule has 0 bridgehead atoms. The van der Waals surface area contributed by atoms with Crippen LogP contribution in [-0.2, 0) is 0 Å². The second-order valence-corrected chi connectivity index (χ2v) is 7.14. The number of thioether (sulfide) groups is 1. The van der Waals surface area contributed by atoms with Crippen molar-refractivity contribution < 1.29 is 9.59 Å². The largest absolute Gasteiger partial charge is 0.377 e. The standard InChI is InChI=1S/C16H16N2O2S/c17-8-5-6-11-12(7-8)21-16-13(18-11)14(19)9-3-1-2-4-10(9)15(16)20/h1-4,8,11-12,18H,5-7,17H2. The van der Waals surface area contributed by atoms with E-state index in [4.69, 9.17) is 5.73 Å². The summed E-state index contributed by atoms with van der Waals surface area (Å²) in [5.41, 5.74) is 7.58. The Labute approximate surface area is 127 Å². The minimum Gasteiger partial charge on any atom is -0.377 e. The summed E-state index contributed by atoms with van der Waals surface area (Å²) in [7, 11) is 0. The Morgan fingerprint density at radius 3 is 2.57 bits per heavy atom. The molecule has 0 aromatic heterocycles. The number of nitrogens with one attached hydrogen (secondary N) is 1. The van der Waals surface area contributed by atoms with Gasteiger partial charge < -0.3 is 11.1 Å². The predicted molar refractivity (Wildman–Crippen MR) is 82.3 cm³/mol. The molecule has 0 radical (unpaired) electrons. The Balaban J connectivity index is 1.76. The summed E-state index contributed by atoms with van der Waals surface area (Å²) in [5, 5.41) is 3.62. The first kappa shape index (κ1) is 13.1. The molecule has 108 valence electrons. The summed E-state index contributed by atoms with van der Waals surface area (Å²) in [6, 6.07) is 7.51. The monoisotopic (exact) mass is 300 g/mol. The second-order valence-electron chi connectivity index (χ2n) is 5.89. The molecule has 21 heavy (non-hydrogen) atoms. The summed E-state index contributed by atoms with van der Waals surface area (Å²) in [6.45, 7) is 0. The fraction of sp³-hybridized carbons (Fsp3) is 0.375. The van der Waals surface area contributed by atoms with E-state index in [1.807, 2.05) is 0 Å². The molecule has 1 aliphatic heterocycles. The molecule has 2 aliphatic carbocycles. The van der Waals surface area contributed by atoms with E-state index in [9.17, 15) is 9.59 Å². The molecule has 1 aromatic rings. The van der Waals surface area contributed by atoms with Gasteiger partial charge in [-0.25, -0.2) is 0 Å². The number of ketones is 2. The summed E-state index contributed by atoms with van der Waals surface area (Å²) < 4.78 is 0. The molecule has 4 nitrogen and oxygen atoms in total. The van der Waals surface area contributed by atoms with Crippen LogP contribution in [0.4, 0.5) is 0 Å². The van der Waals surface area contributed by atoms with Crippen LogP contribution in [0.3, 0.4) is 0 Å². The van der Waals surface area contributed by atoms with E-state index in [0.717, 1.165) is 19.3 Å². The maximum Gasteiger partial charge on any atom is 0.210 e. The van der Waals surface area contributed by atoms with E-state index in [1.54, 1.807) is 36.0 Å². The zero-order valence-electron chi connectivity index (χ0n) is 11.5. The first-order chi connectivity index (χ1) is 10.1. The highest BCUT2D eigenvalue weighted by atomic mass is 32.2. The number of hydrogen-bond donors (Lipinski definition) is 2. The van der Waals surface area contributed by atoms with E-state index < -0.39 is 0 Å². The van der Waals surface area contributed by atoms with Crippen LogP contribution in [0.5, 0.6) is 0 Å². The maximum atomic E-state index is 12.7. The van der Waals surface area contributed by atoms with Gasteiger partial charge in [0.2, 0.25) is 11.6 Å². The number of allylic oxidation sites excluding steroid dienone is 2. The molecule has 0 amide bonds. The molecule has 3 atom stereocenters. The molecule has 1 fully saturated rings. The van der Waals surface area contributed by atoms with E-state index in [2.05, 4.69) is 5.32 Å². The highest BCUT2D eigenvalue weighted by molar-refractivity contribution is 8.04. The highest BCUT2D eigenvalue weighted by Gasteiger charge is 2.42. The van der Waals surface area contributed by atoms with Crippen molar-refractivity contribution in [1.29, 1.82) is 0 Å². The zero-order valence-corrected chi connectivity index (χ0v) is 12.3. The summed E-state index contributed by atoms with van der Waals surface area (Å²) in [5.74, 6) is -0.0867. The summed E-state index contributed by atoms with van der Waals surface area (Å²) >= 11 is 1.55. The Morgan fingerprint density at radius 2 is 1.81 bits per heavy atom. The number of carbonyl (C=O) groups is 2. The lowest BCUT2D eigenvalue weighted by Gasteiger charge is -2.41. The Morgan fingerprint density at radius 1 is 1.10 bits per heavy atom. The van der Waals surface area contributed by atoms with Crippen molar-refractivity contribution in [3.05, 3.63) is 46.0 Å². The van der Waals surface area contributed by atoms with Crippen molar-refractivity contribution in [2.24, 2.45) is 5.73 Å². The molecule has 3 N–H and O–H groups in total. The van der Waals surface area contributed by atoms with E-state index in [0.29, 0.717) is 21.7 Å². The first-order valence-corrected chi connectivity index (χ1v) is 8.14. The number of fused-ring (bicyclic) bond motifs is 2. The lowest BCUT2D eigenvalue weighted by atomic mass is 9.88. The van der Waals surface area contributed by atoms with Gasteiger partial charge in [0.05, 0.1) is 4.91 Å². The maximum absolute atomic E-state index is 12.7. The summed E-state index contributed by atoms with van der Waals surface area (Å²) in [4.78, 5) is 25.9. The van der Waals surface area contributed by atoms with Gasteiger partial charge in [-0.3, -0.25) is 9.59 Å². The van der Waals surface area contributed by atoms with Crippen molar-refractivity contribution >= 4 is 23.3 Å². The van der Waals surface area contributed by atoms with Crippen molar-refractivity contribution in [1.82, 2.24) is 5.32 Å². The SMILES string of the molecule is NC1CCC2NC3=C(SC2C1)C(=O)c1ccccc1C3=O. The van der Waals surface area contributed by atoms with Crippen LogP contribution >= 0.6 is 11.8 Å². The molecule has 1 aromatic carbocycles. The minimum absolute atomic E-state index is 0.0321. The molecule has 4 rings (SSSR count). The molecule has 1 saturated carbocycles. The van der Waals surface area contributed by atoms with Crippen LogP contribution in [0.2, 0.25) is 0 Å². The lowest BCUT2D eigenvalue weighted by molar-refractivity contribution is 0.0970. The van der Waals surface area contributed by atoms with E-state index in [1.165, 1.54) is 0 Å². The third-order valence-corrected chi connectivity index (χ3v) is 5.96. The molecule has 3 aliphatic rings. The van der Waals surface area contributed by atoms with Crippen molar-refractivity contribution in [3.63, 3.8) is 0 Å².